The van der Waals surface area contributed by atoms with E-state index in [9.17, 15) is 4.79 Å². The minimum atomic E-state index is -0.473. The standard InChI is InChI=1S/C12H24N2O2/c1-12(2,3)16-11(15)14(13)10-8-6-4-5-7-9-10/h10H,4-9,13H2,1-3H3. The van der Waals surface area contributed by atoms with Gasteiger partial charge in [-0.1, -0.05) is 25.7 Å². The van der Waals surface area contributed by atoms with Gasteiger partial charge >= 0.3 is 6.09 Å². The lowest BCUT2D eigenvalue weighted by molar-refractivity contribution is 0.0141. The molecule has 94 valence electrons. The van der Waals surface area contributed by atoms with Gasteiger partial charge in [0.1, 0.15) is 5.60 Å². The van der Waals surface area contributed by atoms with Crippen LogP contribution in [0.1, 0.15) is 59.3 Å². The molecule has 4 heteroatoms. The van der Waals surface area contributed by atoms with Crippen molar-refractivity contribution in [3.63, 3.8) is 0 Å². The molecular formula is C12H24N2O2. The summed E-state index contributed by atoms with van der Waals surface area (Å²) in [6.45, 7) is 5.56. The number of nitrogens with zero attached hydrogens (tertiary/aromatic N) is 1. The summed E-state index contributed by atoms with van der Waals surface area (Å²) < 4.78 is 5.26. The van der Waals surface area contributed by atoms with Gasteiger partial charge in [0.2, 0.25) is 0 Å². The van der Waals surface area contributed by atoms with Crippen molar-refractivity contribution in [3.05, 3.63) is 0 Å². The number of hydrogen-bond donors (Lipinski definition) is 1. The first-order valence-electron chi connectivity index (χ1n) is 6.17. The number of amides is 1. The Balaban J connectivity index is 2.48. The van der Waals surface area contributed by atoms with Crippen molar-refractivity contribution >= 4 is 6.09 Å². The van der Waals surface area contributed by atoms with E-state index in [-0.39, 0.29) is 6.04 Å². The molecule has 0 aromatic carbocycles. The first kappa shape index (κ1) is 13.3. The highest BCUT2D eigenvalue weighted by molar-refractivity contribution is 5.67. The summed E-state index contributed by atoms with van der Waals surface area (Å²) in [5.41, 5.74) is -0.473. The maximum Gasteiger partial charge on any atom is 0.424 e. The predicted molar refractivity (Wildman–Crippen MR) is 63.8 cm³/mol. The van der Waals surface area contributed by atoms with Crippen molar-refractivity contribution in [2.45, 2.75) is 70.9 Å². The van der Waals surface area contributed by atoms with Crippen LogP contribution < -0.4 is 5.84 Å². The molecular weight excluding hydrogens is 204 g/mol. The number of carbonyl (C=O) groups excluding carboxylic acids is 1. The van der Waals surface area contributed by atoms with Crippen LogP contribution in [0.15, 0.2) is 0 Å². The van der Waals surface area contributed by atoms with Crippen LogP contribution in [-0.4, -0.2) is 22.7 Å². The van der Waals surface area contributed by atoms with Crippen LogP contribution in [0.4, 0.5) is 4.79 Å². The zero-order valence-corrected chi connectivity index (χ0v) is 10.7. The van der Waals surface area contributed by atoms with Gasteiger partial charge in [0.25, 0.3) is 0 Å². The number of carbonyl (C=O) groups is 1. The zero-order chi connectivity index (χ0) is 12.2. The van der Waals surface area contributed by atoms with Crippen LogP contribution in [0.2, 0.25) is 0 Å². The molecule has 0 aromatic rings. The highest BCUT2D eigenvalue weighted by atomic mass is 16.6. The smallest absolute Gasteiger partial charge is 0.424 e. The average Bonchev–Trinajstić information content (AvgIpc) is 2.41. The third-order valence-corrected chi connectivity index (χ3v) is 2.82. The van der Waals surface area contributed by atoms with Crippen molar-refractivity contribution in [2.75, 3.05) is 0 Å². The second-order valence-electron chi connectivity index (χ2n) is 5.53. The van der Waals surface area contributed by atoms with Gasteiger partial charge in [0.15, 0.2) is 0 Å². The lowest BCUT2D eigenvalue weighted by Crippen LogP contribution is -2.47. The van der Waals surface area contributed by atoms with Gasteiger partial charge in [-0.15, -0.1) is 0 Å². The van der Waals surface area contributed by atoms with E-state index in [1.54, 1.807) is 0 Å². The van der Waals surface area contributed by atoms with Gasteiger partial charge in [-0.05, 0) is 33.6 Å². The summed E-state index contributed by atoms with van der Waals surface area (Å²) in [6.07, 6.45) is 6.39. The molecule has 0 radical (unpaired) electrons. The van der Waals surface area contributed by atoms with E-state index in [0.717, 1.165) is 25.7 Å². The Bertz CT molecular complexity index is 228. The highest BCUT2D eigenvalue weighted by Crippen LogP contribution is 2.21. The number of ether oxygens (including phenoxy) is 1. The van der Waals surface area contributed by atoms with Crippen LogP contribution in [0.25, 0.3) is 0 Å². The van der Waals surface area contributed by atoms with Gasteiger partial charge in [-0.3, -0.25) is 0 Å². The Hall–Kier alpha value is -0.770. The van der Waals surface area contributed by atoms with Gasteiger partial charge in [-0.2, -0.15) is 0 Å². The molecule has 16 heavy (non-hydrogen) atoms. The largest absolute Gasteiger partial charge is 0.443 e. The molecule has 0 spiro atoms. The maximum atomic E-state index is 11.7. The lowest BCUT2D eigenvalue weighted by Gasteiger charge is -2.29. The quantitative estimate of drug-likeness (QED) is 0.325. The van der Waals surface area contributed by atoms with E-state index in [2.05, 4.69) is 0 Å². The molecule has 0 atom stereocenters. The summed E-state index contributed by atoms with van der Waals surface area (Å²) in [7, 11) is 0. The van der Waals surface area contributed by atoms with Gasteiger partial charge in [-0.25, -0.2) is 15.6 Å². The SMILES string of the molecule is CC(C)(C)OC(=O)N(N)C1CCCCCC1. The van der Waals surface area contributed by atoms with E-state index in [1.165, 1.54) is 17.9 Å². The summed E-state index contributed by atoms with van der Waals surface area (Å²) in [6, 6.07) is 0.150. The third kappa shape index (κ3) is 4.39. The van der Waals surface area contributed by atoms with E-state index in [1.807, 2.05) is 20.8 Å². The van der Waals surface area contributed by atoms with Crippen molar-refractivity contribution in [1.29, 1.82) is 0 Å². The molecule has 0 aliphatic heterocycles. The van der Waals surface area contributed by atoms with Gasteiger partial charge in [0.05, 0.1) is 6.04 Å². The third-order valence-electron chi connectivity index (χ3n) is 2.82. The fourth-order valence-corrected chi connectivity index (χ4v) is 2.00. The molecule has 4 nitrogen and oxygen atoms in total. The molecule has 0 bridgehead atoms. The van der Waals surface area contributed by atoms with Crippen LogP contribution in [0, 0.1) is 0 Å². The number of rotatable bonds is 1. The van der Waals surface area contributed by atoms with Crippen LogP contribution in [-0.2, 0) is 4.74 Å². The lowest BCUT2D eigenvalue weighted by atomic mass is 10.1. The first-order valence-corrected chi connectivity index (χ1v) is 6.17. The van der Waals surface area contributed by atoms with Crippen LogP contribution in [0.5, 0.6) is 0 Å². The minimum absolute atomic E-state index is 0.150. The maximum absolute atomic E-state index is 11.7. The van der Waals surface area contributed by atoms with Gasteiger partial charge < -0.3 is 4.74 Å². The molecule has 1 aliphatic rings. The predicted octanol–water partition coefficient (Wildman–Crippen LogP) is 2.82. The molecule has 1 aliphatic carbocycles. The number of hydrazine groups is 1. The Kier molecular flexibility index (Phi) is 4.59. The van der Waals surface area contributed by atoms with Crippen molar-refractivity contribution in [2.24, 2.45) is 5.84 Å². The van der Waals surface area contributed by atoms with Crippen molar-refractivity contribution in [1.82, 2.24) is 5.01 Å². The topological polar surface area (TPSA) is 55.6 Å². The first-order chi connectivity index (χ1) is 7.40. The fraction of sp³-hybridized carbons (Fsp3) is 0.917. The Morgan fingerprint density at radius 3 is 2.12 bits per heavy atom. The summed E-state index contributed by atoms with van der Waals surface area (Å²) in [5, 5.41) is 1.29. The summed E-state index contributed by atoms with van der Waals surface area (Å²) in [5.74, 6) is 5.83. The normalized spacial score (nSPS) is 19.0. The van der Waals surface area contributed by atoms with Crippen molar-refractivity contribution in [3.8, 4) is 0 Å². The molecule has 1 saturated carbocycles. The fourth-order valence-electron chi connectivity index (χ4n) is 2.00. The minimum Gasteiger partial charge on any atom is -0.443 e. The van der Waals surface area contributed by atoms with Gasteiger partial charge in [0, 0.05) is 0 Å². The van der Waals surface area contributed by atoms with Crippen LogP contribution in [0.3, 0.4) is 0 Å². The van der Waals surface area contributed by atoms with Crippen LogP contribution >= 0.6 is 0 Å². The zero-order valence-electron chi connectivity index (χ0n) is 10.7. The molecule has 1 amide bonds. The van der Waals surface area contributed by atoms with E-state index >= 15 is 0 Å². The highest BCUT2D eigenvalue weighted by Gasteiger charge is 2.26. The van der Waals surface area contributed by atoms with E-state index < -0.39 is 11.7 Å². The number of nitrogens with two attached hydrogens (primary N) is 1. The average molecular weight is 228 g/mol. The van der Waals surface area contributed by atoms with E-state index in [0.29, 0.717) is 0 Å². The molecule has 0 saturated heterocycles. The Morgan fingerprint density at radius 1 is 1.19 bits per heavy atom. The van der Waals surface area contributed by atoms with Crippen molar-refractivity contribution < 1.29 is 9.53 Å². The molecule has 0 heterocycles. The Morgan fingerprint density at radius 2 is 1.69 bits per heavy atom. The summed E-state index contributed by atoms with van der Waals surface area (Å²) >= 11 is 0. The molecule has 1 fully saturated rings. The Labute approximate surface area is 98.1 Å². The summed E-state index contributed by atoms with van der Waals surface area (Å²) in [4.78, 5) is 11.7. The molecule has 2 N–H and O–H groups in total. The monoisotopic (exact) mass is 228 g/mol. The second-order valence-corrected chi connectivity index (χ2v) is 5.53. The molecule has 0 aromatic heterocycles. The van der Waals surface area contributed by atoms with E-state index in [4.69, 9.17) is 10.6 Å². The second kappa shape index (κ2) is 5.53. The molecule has 0 unspecified atom stereocenters. The molecule has 1 rings (SSSR count). The number of hydrogen-bond acceptors (Lipinski definition) is 3.